The van der Waals surface area contributed by atoms with Crippen molar-refractivity contribution >= 4 is 29.7 Å². The van der Waals surface area contributed by atoms with Crippen molar-refractivity contribution in [3.63, 3.8) is 0 Å². The lowest BCUT2D eigenvalue weighted by Crippen LogP contribution is -2.58. The number of nitrogens with two attached hydrogens (primary N) is 1. The first-order valence-electron chi connectivity index (χ1n) is 10.4. The zero-order valence-electron chi connectivity index (χ0n) is 18.7. The summed E-state index contributed by atoms with van der Waals surface area (Å²) in [6, 6.07) is 0.0284. The molecule has 0 heterocycles. The van der Waals surface area contributed by atoms with Gasteiger partial charge in [0.1, 0.15) is 29.9 Å². The molecule has 1 rings (SSSR count). The van der Waals surface area contributed by atoms with Gasteiger partial charge in [0.05, 0.1) is 13.0 Å². The van der Waals surface area contributed by atoms with Crippen molar-refractivity contribution in [3.8, 4) is 5.75 Å². The van der Waals surface area contributed by atoms with Crippen molar-refractivity contribution in [2.75, 3.05) is 6.61 Å². The molecule has 188 valence electrons. The molecular formula is C21H30N4O9. The lowest BCUT2D eigenvalue weighted by Gasteiger charge is -2.25. The Balaban J connectivity index is 3.13. The monoisotopic (exact) mass is 482 g/mol. The standard InChI is InChI=1S/C21H30N4O9/c1-10(2)17(21(33)34)25-20(32)15(8-16(28)29)24-19(31)14(23-18(30)13(22)9-26)7-11-3-5-12(27)6-4-11/h3-6,10,13-15,17,26-27H,7-9,22H2,1-2H3,(H,23,30)(H,24,31)(H,25,32)(H,28,29)(H,33,34)/t13-,14-,15-,17-/m0/s1. The zero-order chi connectivity index (χ0) is 26.0. The van der Waals surface area contributed by atoms with E-state index in [2.05, 4.69) is 16.0 Å². The maximum Gasteiger partial charge on any atom is 0.326 e. The van der Waals surface area contributed by atoms with Gasteiger partial charge in [-0.25, -0.2) is 4.79 Å². The first-order chi connectivity index (χ1) is 15.8. The number of carbonyl (C=O) groups is 5. The molecule has 0 aliphatic rings. The summed E-state index contributed by atoms with van der Waals surface area (Å²) in [5.41, 5.74) is 5.98. The van der Waals surface area contributed by atoms with Gasteiger partial charge in [-0.1, -0.05) is 26.0 Å². The number of hydrogen-bond donors (Lipinski definition) is 8. The minimum Gasteiger partial charge on any atom is -0.508 e. The van der Waals surface area contributed by atoms with Gasteiger partial charge in [0.25, 0.3) is 0 Å². The number of aliphatic hydroxyl groups is 1. The molecule has 34 heavy (non-hydrogen) atoms. The second-order valence-corrected chi connectivity index (χ2v) is 7.95. The Labute approximate surface area is 195 Å². The van der Waals surface area contributed by atoms with E-state index in [9.17, 15) is 34.2 Å². The van der Waals surface area contributed by atoms with Crippen LogP contribution in [0, 0.1) is 5.92 Å². The molecule has 0 aliphatic heterocycles. The fourth-order valence-corrected chi connectivity index (χ4v) is 2.86. The summed E-state index contributed by atoms with van der Waals surface area (Å²) < 4.78 is 0. The maximum absolute atomic E-state index is 12.9. The van der Waals surface area contributed by atoms with E-state index in [1.165, 1.54) is 38.1 Å². The molecule has 0 saturated carbocycles. The molecule has 0 unspecified atom stereocenters. The molecular weight excluding hydrogens is 452 g/mol. The maximum atomic E-state index is 12.9. The molecule has 4 atom stereocenters. The first kappa shape index (κ1) is 28.3. The number of rotatable bonds is 13. The molecule has 13 heteroatoms. The summed E-state index contributed by atoms with van der Waals surface area (Å²) >= 11 is 0. The number of carbonyl (C=O) groups excluding carboxylic acids is 3. The number of aliphatic carboxylic acids is 2. The number of aromatic hydroxyl groups is 1. The Hall–Kier alpha value is -3.71. The quantitative estimate of drug-likeness (QED) is 0.153. The molecule has 13 nitrogen and oxygen atoms in total. The second kappa shape index (κ2) is 13.1. The molecule has 0 saturated heterocycles. The molecule has 1 aromatic carbocycles. The highest BCUT2D eigenvalue weighted by atomic mass is 16.4. The van der Waals surface area contributed by atoms with Crippen LogP contribution in [0.2, 0.25) is 0 Å². The molecule has 1 aromatic rings. The molecule has 3 amide bonds. The van der Waals surface area contributed by atoms with Crippen LogP contribution in [-0.2, 0) is 30.4 Å². The largest absolute Gasteiger partial charge is 0.508 e. The average molecular weight is 482 g/mol. The van der Waals surface area contributed by atoms with Crippen LogP contribution in [0.25, 0.3) is 0 Å². The number of phenols is 1. The van der Waals surface area contributed by atoms with Crippen LogP contribution in [0.1, 0.15) is 25.8 Å². The van der Waals surface area contributed by atoms with Crippen molar-refractivity contribution in [1.29, 1.82) is 0 Å². The van der Waals surface area contributed by atoms with Crippen LogP contribution in [0.5, 0.6) is 5.75 Å². The number of hydrogen-bond acceptors (Lipinski definition) is 8. The van der Waals surface area contributed by atoms with E-state index in [1.54, 1.807) is 0 Å². The second-order valence-electron chi connectivity index (χ2n) is 7.95. The number of carboxylic acid groups (broad SMARTS) is 2. The van der Waals surface area contributed by atoms with Crippen LogP contribution in [-0.4, -0.2) is 80.9 Å². The molecule has 0 fully saturated rings. The molecule has 0 spiro atoms. The molecule has 9 N–H and O–H groups in total. The van der Waals surface area contributed by atoms with Crippen molar-refractivity contribution in [3.05, 3.63) is 29.8 Å². The van der Waals surface area contributed by atoms with E-state index in [-0.39, 0.29) is 12.2 Å². The Morgan fingerprint density at radius 3 is 1.88 bits per heavy atom. The van der Waals surface area contributed by atoms with Gasteiger partial charge in [-0.05, 0) is 23.6 Å². The number of nitrogens with one attached hydrogen (secondary N) is 3. The van der Waals surface area contributed by atoms with Crippen molar-refractivity contribution in [2.24, 2.45) is 11.7 Å². The predicted octanol–water partition coefficient (Wildman–Crippen LogP) is -2.08. The van der Waals surface area contributed by atoms with E-state index in [0.29, 0.717) is 5.56 Å². The van der Waals surface area contributed by atoms with E-state index in [0.717, 1.165) is 0 Å². The zero-order valence-corrected chi connectivity index (χ0v) is 18.7. The Kier molecular flexibility index (Phi) is 10.9. The summed E-state index contributed by atoms with van der Waals surface area (Å²) in [6.45, 7) is 2.38. The highest BCUT2D eigenvalue weighted by Gasteiger charge is 2.32. The Morgan fingerprint density at radius 1 is 0.882 bits per heavy atom. The van der Waals surface area contributed by atoms with Gasteiger partial charge in [-0.15, -0.1) is 0 Å². The van der Waals surface area contributed by atoms with E-state index in [1.807, 2.05) is 0 Å². The van der Waals surface area contributed by atoms with Gasteiger partial charge in [0.2, 0.25) is 17.7 Å². The summed E-state index contributed by atoms with van der Waals surface area (Å²) in [4.78, 5) is 60.4. The van der Waals surface area contributed by atoms with Gasteiger partial charge in [-0.2, -0.15) is 0 Å². The third-order valence-corrected chi connectivity index (χ3v) is 4.78. The van der Waals surface area contributed by atoms with Crippen LogP contribution in [0.3, 0.4) is 0 Å². The van der Waals surface area contributed by atoms with Crippen LogP contribution >= 0.6 is 0 Å². The fourth-order valence-electron chi connectivity index (χ4n) is 2.86. The minimum atomic E-state index is -1.64. The normalized spacial score (nSPS) is 14.4. The van der Waals surface area contributed by atoms with E-state index >= 15 is 0 Å². The fraction of sp³-hybridized carbons (Fsp3) is 0.476. The van der Waals surface area contributed by atoms with Gasteiger partial charge in [-0.3, -0.25) is 19.2 Å². The third kappa shape index (κ3) is 9.03. The molecule has 0 radical (unpaired) electrons. The Bertz CT molecular complexity index is 889. The smallest absolute Gasteiger partial charge is 0.326 e. The van der Waals surface area contributed by atoms with Gasteiger partial charge in [0.15, 0.2) is 0 Å². The van der Waals surface area contributed by atoms with Crippen LogP contribution in [0.4, 0.5) is 0 Å². The predicted molar refractivity (Wildman–Crippen MR) is 117 cm³/mol. The van der Waals surface area contributed by atoms with Gasteiger partial charge in [0, 0.05) is 6.42 Å². The first-order valence-corrected chi connectivity index (χ1v) is 10.4. The van der Waals surface area contributed by atoms with Gasteiger partial charge >= 0.3 is 11.9 Å². The van der Waals surface area contributed by atoms with Crippen LogP contribution < -0.4 is 21.7 Å². The highest BCUT2D eigenvalue weighted by molar-refractivity contribution is 5.95. The number of carboxylic acids is 2. The summed E-state index contributed by atoms with van der Waals surface area (Å²) in [7, 11) is 0. The summed E-state index contributed by atoms with van der Waals surface area (Å²) in [6.07, 6.45) is -0.973. The number of aliphatic hydroxyl groups excluding tert-OH is 1. The van der Waals surface area contributed by atoms with Crippen molar-refractivity contribution in [2.45, 2.75) is 50.9 Å². The lowest BCUT2D eigenvalue weighted by molar-refractivity contribution is -0.144. The number of benzene rings is 1. The average Bonchev–Trinajstić information content (AvgIpc) is 2.76. The SMILES string of the molecule is CC(C)[C@H](NC(=O)[C@H](CC(=O)O)NC(=O)[C@H](Cc1ccc(O)cc1)NC(=O)[C@@H](N)CO)C(=O)O. The molecule has 0 aliphatic carbocycles. The topological polar surface area (TPSA) is 228 Å². The van der Waals surface area contributed by atoms with Crippen LogP contribution in [0.15, 0.2) is 24.3 Å². The summed E-state index contributed by atoms with van der Waals surface area (Å²) in [5.74, 6) is -6.16. The van der Waals surface area contributed by atoms with Crippen molar-refractivity contribution < 1.29 is 44.4 Å². The molecule has 0 aromatic heterocycles. The van der Waals surface area contributed by atoms with Gasteiger partial charge < -0.3 is 42.1 Å². The Morgan fingerprint density at radius 2 is 1.41 bits per heavy atom. The van der Waals surface area contributed by atoms with E-state index in [4.69, 9.17) is 15.9 Å². The number of phenolic OH excluding ortho intramolecular Hbond substituents is 1. The number of amides is 3. The lowest BCUT2D eigenvalue weighted by atomic mass is 10.0. The van der Waals surface area contributed by atoms with Crippen molar-refractivity contribution in [1.82, 2.24) is 16.0 Å². The minimum absolute atomic E-state index is 0.0348. The highest BCUT2D eigenvalue weighted by Crippen LogP contribution is 2.12. The summed E-state index contributed by atoms with van der Waals surface area (Å²) in [5, 5.41) is 43.7. The third-order valence-electron chi connectivity index (χ3n) is 4.78. The van der Waals surface area contributed by atoms with E-state index < -0.39 is 72.8 Å². The molecule has 0 bridgehead atoms.